The van der Waals surface area contributed by atoms with Crippen LogP contribution in [0.1, 0.15) is 26.2 Å². The predicted octanol–water partition coefficient (Wildman–Crippen LogP) is 1.48. The molecule has 1 rings (SSSR count). The molecule has 0 aromatic carbocycles. The van der Waals surface area contributed by atoms with Crippen LogP contribution in [0.4, 0.5) is 0 Å². The summed E-state index contributed by atoms with van der Waals surface area (Å²) >= 11 is 0. The first kappa shape index (κ1) is 5.83. The minimum atomic E-state index is -0.231. The molecule has 46 valence electrons. The normalized spacial score (nSPS) is 22.0. The molecule has 1 nitrogen and oxygen atoms in total. The Kier molecular flexibility index (Phi) is 1.69. The standard InChI is InChI=1S/C7H12O/c1-6(8)5-7-3-2-4-7/h5-6,8H,2-4H2,1H3. The average molecular weight is 112 g/mol. The number of rotatable bonds is 1. The Labute approximate surface area is 50.0 Å². The molecule has 0 heterocycles. The van der Waals surface area contributed by atoms with Gasteiger partial charge in [0, 0.05) is 0 Å². The van der Waals surface area contributed by atoms with Gasteiger partial charge in [0.2, 0.25) is 0 Å². The van der Waals surface area contributed by atoms with Gasteiger partial charge in [0.15, 0.2) is 0 Å². The molecule has 1 heteroatoms. The van der Waals surface area contributed by atoms with E-state index in [1.807, 2.05) is 6.08 Å². The Hall–Kier alpha value is -0.300. The summed E-state index contributed by atoms with van der Waals surface area (Å²) in [6, 6.07) is 0. The molecule has 1 aliphatic carbocycles. The fourth-order valence-electron chi connectivity index (χ4n) is 0.889. The van der Waals surface area contributed by atoms with E-state index in [2.05, 4.69) is 0 Å². The summed E-state index contributed by atoms with van der Waals surface area (Å²) in [7, 11) is 0. The van der Waals surface area contributed by atoms with Gasteiger partial charge in [-0.25, -0.2) is 0 Å². The topological polar surface area (TPSA) is 20.2 Å². The largest absolute Gasteiger partial charge is 0.389 e. The summed E-state index contributed by atoms with van der Waals surface area (Å²) in [5.41, 5.74) is 1.43. The van der Waals surface area contributed by atoms with Gasteiger partial charge < -0.3 is 5.11 Å². The van der Waals surface area contributed by atoms with Crippen LogP contribution >= 0.6 is 0 Å². The Morgan fingerprint density at radius 1 is 1.62 bits per heavy atom. The molecule has 1 fully saturated rings. The fourth-order valence-corrected chi connectivity index (χ4v) is 0.889. The second kappa shape index (κ2) is 2.31. The summed E-state index contributed by atoms with van der Waals surface area (Å²) in [6.07, 6.45) is 5.46. The molecule has 0 bridgehead atoms. The number of aliphatic hydroxyl groups is 1. The van der Waals surface area contributed by atoms with E-state index in [0.29, 0.717) is 0 Å². The highest BCUT2D eigenvalue weighted by Gasteiger charge is 2.07. The summed E-state index contributed by atoms with van der Waals surface area (Å²) in [5.74, 6) is 0. The first-order chi connectivity index (χ1) is 3.79. The van der Waals surface area contributed by atoms with E-state index in [9.17, 15) is 0 Å². The van der Waals surface area contributed by atoms with Crippen LogP contribution in [-0.2, 0) is 0 Å². The van der Waals surface area contributed by atoms with Crippen LogP contribution in [-0.4, -0.2) is 11.2 Å². The molecular weight excluding hydrogens is 100 g/mol. The van der Waals surface area contributed by atoms with E-state index in [4.69, 9.17) is 5.11 Å². The molecule has 0 amide bonds. The highest BCUT2D eigenvalue weighted by Crippen LogP contribution is 2.25. The molecule has 1 N–H and O–H groups in total. The van der Waals surface area contributed by atoms with E-state index < -0.39 is 0 Å². The fraction of sp³-hybridized carbons (Fsp3) is 0.714. The first-order valence-corrected chi connectivity index (χ1v) is 3.16. The van der Waals surface area contributed by atoms with E-state index in [1.54, 1.807) is 6.92 Å². The van der Waals surface area contributed by atoms with E-state index in [1.165, 1.54) is 24.8 Å². The quantitative estimate of drug-likeness (QED) is 0.509. The monoisotopic (exact) mass is 112 g/mol. The Morgan fingerprint density at radius 2 is 2.25 bits per heavy atom. The molecule has 0 aliphatic heterocycles. The third-order valence-electron chi connectivity index (χ3n) is 1.47. The van der Waals surface area contributed by atoms with E-state index >= 15 is 0 Å². The number of hydrogen-bond acceptors (Lipinski definition) is 1. The third kappa shape index (κ3) is 1.34. The van der Waals surface area contributed by atoms with Gasteiger partial charge in [-0.2, -0.15) is 0 Å². The van der Waals surface area contributed by atoms with Crippen molar-refractivity contribution in [2.24, 2.45) is 0 Å². The molecule has 0 spiro atoms. The lowest BCUT2D eigenvalue weighted by molar-refractivity contribution is 0.241. The summed E-state index contributed by atoms with van der Waals surface area (Å²) in [6.45, 7) is 1.80. The van der Waals surface area contributed by atoms with Gasteiger partial charge in [-0.05, 0) is 26.2 Å². The van der Waals surface area contributed by atoms with Gasteiger partial charge in [-0.1, -0.05) is 11.6 Å². The number of hydrogen-bond donors (Lipinski definition) is 1. The first-order valence-electron chi connectivity index (χ1n) is 3.16. The van der Waals surface area contributed by atoms with Crippen LogP contribution in [0.15, 0.2) is 11.6 Å². The van der Waals surface area contributed by atoms with Gasteiger partial charge in [-0.3, -0.25) is 0 Å². The van der Waals surface area contributed by atoms with Crippen LogP contribution in [0.5, 0.6) is 0 Å². The van der Waals surface area contributed by atoms with Crippen LogP contribution in [0.3, 0.4) is 0 Å². The second-order valence-corrected chi connectivity index (χ2v) is 2.42. The van der Waals surface area contributed by atoms with Crippen LogP contribution in [0.25, 0.3) is 0 Å². The van der Waals surface area contributed by atoms with Crippen LogP contribution in [0.2, 0.25) is 0 Å². The van der Waals surface area contributed by atoms with Crippen LogP contribution < -0.4 is 0 Å². The Bertz CT molecular complexity index is 97.0. The lowest BCUT2D eigenvalue weighted by Gasteiger charge is -2.16. The Morgan fingerprint density at radius 3 is 2.38 bits per heavy atom. The minimum Gasteiger partial charge on any atom is -0.389 e. The lowest BCUT2D eigenvalue weighted by Crippen LogP contribution is -2.02. The lowest BCUT2D eigenvalue weighted by atomic mass is 9.91. The second-order valence-electron chi connectivity index (χ2n) is 2.42. The van der Waals surface area contributed by atoms with Gasteiger partial charge in [-0.15, -0.1) is 0 Å². The molecule has 1 unspecified atom stereocenters. The van der Waals surface area contributed by atoms with Crippen molar-refractivity contribution in [3.8, 4) is 0 Å². The van der Waals surface area contributed by atoms with Crippen molar-refractivity contribution in [1.82, 2.24) is 0 Å². The SMILES string of the molecule is CC(O)C=C1CCC1. The zero-order valence-electron chi connectivity index (χ0n) is 5.22. The van der Waals surface area contributed by atoms with E-state index in [-0.39, 0.29) is 6.10 Å². The maximum absolute atomic E-state index is 8.81. The van der Waals surface area contributed by atoms with Crippen molar-refractivity contribution in [3.63, 3.8) is 0 Å². The molecule has 1 atom stereocenters. The van der Waals surface area contributed by atoms with Crippen molar-refractivity contribution in [2.45, 2.75) is 32.3 Å². The molecule has 0 saturated heterocycles. The van der Waals surface area contributed by atoms with Crippen molar-refractivity contribution < 1.29 is 5.11 Å². The summed E-state index contributed by atoms with van der Waals surface area (Å²) in [5, 5.41) is 8.81. The number of aliphatic hydroxyl groups excluding tert-OH is 1. The van der Waals surface area contributed by atoms with Gasteiger partial charge in [0.1, 0.15) is 0 Å². The highest BCUT2D eigenvalue weighted by molar-refractivity contribution is 5.10. The molecular formula is C7H12O. The smallest absolute Gasteiger partial charge is 0.0695 e. The summed E-state index contributed by atoms with van der Waals surface area (Å²) < 4.78 is 0. The minimum absolute atomic E-state index is 0.231. The molecule has 8 heavy (non-hydrogen) atoms. The number of allylic oxidation sites excluding steroid dienone is 1. The zero-order valence-corrected chi connectivity index (χ0v) is 5.22. The maximum atomic E-state index is 8.81. The van der Waals surface area contributed by atoms with Crippen molar-refractivity contribution in [2.75, 3.05) is 0 Å². The van der Waals surface area contributed by atoms with Crippen LogP contribution in [0, 0.1) is 0 Å². The summed E-state index contributed by atoms with van der Waals surface area (Å²) in [4.78, 5) is 0. The van der Waals surface area contributed by atoms with Crippen molar-refractivity contribution in [1.29, 1.82) is 0 Å². The van der Waals surface area contributed by atoms with Crippen molar-refractivity contribution in [3.05, 3.63) is 11.6 Å². The van der Waals surface area contributed by atoms with Gasteiger partial charge in [0.25, 0.3) is 0 Å². The van der Waals surface area contributed by atoms with Crippen molar-refractivity contribution >= 4 is 0 Å². The average Bonchev–Trinajstić information content (AvgIpc) is 1.55. The zero-order chi connectivity index (χ0) is 5.98. The molecule has 0 radical (unpaired) electrons. The van der Waals surface area contributed by atoms with E-state index in [0.717, 1.165) is 0 Å². The van der Waals surface area contributed by atoms with Gasteiger partial charge in [0.05, 0.1) is 6.10 Å². The molecule has 1 saturated carbocycles. The highest BCUT2D eigenvalue weighted by atomic mass is 16.3. The molecule has 0 aromatic heterocycles. The molecule has 0 aromatic rings. The third-order valence-corrected chi connectivity index (χ3v) is 1.47. The maximum Gasteiger partial charge on any atom is 0.0695 e. The molecule has 1 aliphatic rings. The Balaban J connectivity index is 2.30. The predicted molar refractivity (Wildman–Crippen MR) is 33.6 cm³/mol. The van der Waals surface area contributed by atoms with Gasteiger partial charge >= 0.3 is 0 Å².